The molecule has 0 aromatic carbocycles. The van der Waals surface area contributed by atoms with Gasteiger partial charge in [-0.25, -0.2) is 0 Å². The summed E-state index contributed by atoms with van der Waals surface area (Å²) in [6.07, 6.45) is 25.4. The van der Waals surface area contributed by atoms with Crippen molar-refractivity contribution >= 4 is 17.8 Å². The van der Waals surface area contributed by atoms with Gasteiger partial charge in [0.05, 0.1) is 5.41 Å². The predicted molar refractivity (Wildman–Crippen MR) is 175 cm³/mol. The number of aliphatic carboxylic acids is 1. The van der Waals surface area contributed by atoms with Crippen molar-refractivity contribution < 1.29 is 19.8 Å². The zero-order valence-electron chi connectivity index (χ0n) is 28.3. The van der Waals surface area contributed by atoms with E-state index in [9.17, 15) is 19.8 Å². The smallest absolute Gasteiger partial charge is 0.309 e. The van der Waals surface area contributed by atoms with E-state index in [1.54, 1.807) is 6.92 Å². The molecule has 246 valence electrons. The van der Waals surface area contributed by atoms with E-state index in [1.165, 1.54) is 103 Å². The summed E-state index contributed by atoms with van der Waals surface area (Å²) in [4.78, 5) is 30.2. The highest BCUT2D eigenvalue weighted by Gasteiger charge is 2.55. The summed E-state index contributed by atoms with van der Waals surface area (Å²) in [6.45, 7) is 10.9. The number of hydrogen-bond donors (Lipinski definition) is 2. The molecule has 42 heavy (non-hydrogen) atoms. The molecule has 2 N–H and O–H groups in total. The molecule has 0 aromatic rings. The fraction of sp³-hybridized carbons (Fsp3) is 0.917. The fourth-order valence-corrected chi connectivity index (χ4v) is 7.23. The van der Waals surface area contributed by atoms with Crippen LogP contribution < -0.4 is 10.4 Å². The molecule has 6 heteroatoms. The Hall–Kier alpha value is -1.59. The molecule has 6 nitrogen and oxygen atoms in total. The lowest BCUT2D eigenvalue weighted by atomic mass is 9.54. The average molecular weight is 592 g/mol. The molecule has 0 aliphatic heterocycles. The SMILES string of the molecule is CCCCCCCCCCCCN=C([O-])[C@]1(C)CC(C)(C(=O)O)C[C@@](C)(C(=O)NCCCCCCCCCCCC)C1. The minimum atomic E-state index is -1.14. The van der Waals surface area contributed by atoms with Crippen molar-refractivity contribution in [3.63, 3.8) is 0 Å². The van der Waals surface area contributed by atoms with Gasteiger partial charge in [0.15, 0.2) is 0 Å². The molecule has 1 aliphatic rings. The van der Waals surface area contributed by atoms with Gasteiger partial charge in [-0.2, -0.15) is 0 Å². The molecule has 0 aromatic heterocycles. The molecule has 0 saturated heterocycles. The van der Waals surface area contributed by atoms with E-state index in [2.05, 4.69) is 24.2 Å². The second-order valence-corrected chi connectivity index (χ2v) is 14.3. The number of nitrogens with one attached hydrogen (secondary N) is 1. The molecule has 0 spiro atoms. The van der Waals surface area contributed by atoms with E-state index in [-0.39, 0.29) is 24.6 Å². The van der Waals surface area contributed by atoms with Gasteiger partial charge < -0.3 is 20.5 Å². The van der Waals surface area contributed by atoms with Crippen LogP contribution in [0.2, 0.25) is 0 Å². The van der Waals surface area contributed by atoms with Crippen LogP contribution in [0.4, 0.5) is 0 Å². The van der Waals surface area contributed by atoms with E-state index >= 15 is 0 Å². The van der Waals surface area contributed by atoms with E-state index in [4.69, 9.17) is 0 Å². The molecule has 1 aliphatic carbocycles. The molecular weight excluding hydrogens is 524 g/mol. The van der Waals surface area contributed by atoms with Crippen LogP contribution in [-0.4, -0.2) is 36.0 Å². The summed E-state index contributed by atoms with van der Waals surface area (Å²) >= 11 is 0. The Morgan fingerprint density at radius 3 is 1.45 bits per heavy atom. The zero-order chi connectivity index (χ0) is 31.3. The van der Waals surface area contributed by atoms with Crippen molar-refractivity contribution in [2.45, 2.75) is 182 Å². The van der Waals surface area contributed by atoms with Crippen molar-refractivity contribution in [3.05, 3.63) is 0 Å². The maximum absolute atomic E-state index is 13.4. The van der Waals surface area contributed by atoms with E-state index in [1.807, 2.05) is 13.8 Å². The molecule has 1 unspecified atom stereocenters. The second kappa shape index (κ2) is 21.2. The number of hydrogen-bond acceptors (Lipinski definition) is 4. The standard InChI is InChI=1S/C36H68N2O4/c1-6-8-10-12-14-16-18-20-22-24-26-37-31(39)34(3)28-35(4,30-36(5,29-34)33(41)42)32(40)38-27-25-23-21-19-17-15-13-11-9-7-2/h6-30H2,1-5H3,(H,37,39)(H,38,40)(H,41,42)/p-1/t34-,35-/m0/s1. The molecule has 1 saturated carbocycles. The van der Waals surface area contributed by atoms with Crippen LogP contribution in [0, 0.1) is 16.2 Å². The van der Waals surface area contributed by atoms with E-state index in [0.29, 0.717) is 19.5 Å². The highest BCUT2D eigenvalue weighted by molar-refractivity contribution is 5.87. The van der Waals surface area contributed by atoms with Crippen LogP contribution >= 0.6 is 0 Å². The Labute approximate surface area is 259 Å². The van der Waals surface area contributed by atoms with Gasteiger partial charge in [-0.05, 0) is 50.3 Å². The predicted octanol–water partition coefficient (Wildman–Crippen LogP) is 8.99. The Balaban J connectivity index is 2.53. The number of carbonyl (C=O) groups is 2. The quantitative estimate of drug-likeness (QED) is 0.0628. The number of amides is 1. The third kappa shape index (κ3) is 14.7. The molecule has 1 fully saturated rings. The van der Waals surface area contributed by atoms with Crippen LogP contribution in [0.3, 0.4) is 0 Å². The third-order valence-corrected chi connectivity index (χ3v) is 9.50. The van der Waals surface area contributed by atoms with Gasteiger partial charge in [0.1, 0.15) is 0 Å². The molecule has 3 atom stereocenters. The maximum atomic E-state index is 13.4. The monoisotopic (exact) mass is 592 g/mol. The number of aliphatic imine (C=N–C) groups is 1. The maximum Gasteiger partial charge on any atom is 0.309 e. The number of unbranched alkanes of at least 4 members (excludes halogenated alkanes) is 18. The highest BCUT2D eigenvalue weighted by Crippen LogP contribution is 2.54. The van der Waals surface area contributed by atoms with Crippen molar-refractivity contribution in [2.75, 3.05) is 13.1 Å². The molecule has 1 amide bonds. The zero-order valence-corrected chi connectivity index (χ0v) is 28.3. The number of carboxylic acids is 1. The summed E-state index contributed by atoms with van der Waals surface area (Å²) in [5.74, 6) is -1.30. The van der Waals surface area contributed by atoms with Crippen molar-refractivity contribution in [2.24, 2.45) is 21.2 Å². The van der Waals surface area contributed by atoms with Gasteiger partial charge in [-0.15, -0.1) is 0 Å². The van der Waals surface area contributed by atoms with Crippen LogP contribution in [0.1, 0.15) is 182 Å². The largest absolute Gasteiger partial charge is 0.862 e. The molecular formula is C36H67N2O4-. The second-order valence-electron chi connectivity index (χ2n) is 14.3. The van der Waals surface area contributed by atoms with Gasteiger partial charge in [-0.3, -0.25) is 9.59 Å². The first kappa shape index (κ1) is 38.4. The number of rotatable bonds is 25. The van der Waals surface area contributed by atoms with Gasteiger partial charge >= 0.3 is 5.97 Å². The third-order valence-electron chi connectivity index (χ3n) is 9.50. The Bertz CT molecular complexity index is 784. The minimum Gasteiger partial charge on any atom is -0.862 e. The van der Waals surface area contributed by atoms with Gasteiger partial charge in [0, 0.05) is 18.5 Å². The molecule has 0 radical (unpaired) electrons. The van der Waals surface area contributed by atoms with Crippen LogP contribution in [0.25, 0.3) is 0 Å². The van der Waals surface area contributed by atoms with Crippen LogP contribution in [-0.2, 0) is 9.59 Å². The molecule has 0 bridgehead atoms. The van der Waals surface area contributed by atoms with Crippen molar-refractivity contribution in [3.8, 4) is 0 Å². The lowest BCUT2D eigenvalue weighted by molar-refractivity contribution is -0.237. The van der Waals surface area contributed by atoms with Crippen molar-refractivity contribution in [1.29, 1.82) is 0 Å². The van der Waals surface area contributed by atoms with Gasteiger partial charge in [0.25, 0.3) is 0 Å². The van der Waals surface area contributed by atoms with Crippen LogP contribution in [0.5, 0.6) is 0 Å². The lowest BCUT2D eigenvalue weighted by Crippen LogP contribution is -2.56. The average Bonchev–Trinajstić information content (AvgIpc) is 2.93. The van der Waals surface area contributed by atoms with E-state index < -0.39 is 22.2 Å². The lowest BCUT2D eigenvalue weighted by Gasteiger charge is -2.52. The minimum absolute atomic E-state index is 0.126. The Morgan fingerprint density at radius 1 is 0.619 bits per heavy atom. The summed E-state index contributed by atoms with van der Waals surface area (Å²) in [6, 6.07) is 0. The molecule has 0 heterocycles. The normalized spacial score (nSPS) is 24.5. The van der Waals surface area contributed by atoms with Gasteiger partial charge in [0.2, 0.25) is 5.91 Å². The Kier molecular flexibility index (Phi) is 19.4. The van der Waals surface area contributed by atoms with Crippen molar-refractivity contribution in [1.82, 2.24) is 5.32 Å². The summed E-state index contributed by atoms with van der Waals surface area (Å²) < 4.78 is 0. The summed E-state index contributed by atoms with van der Waals surface area (Å²) in [5, 5.41) is 26.6. The van der Waals surface area contributed by atoms with Crippen LogP contribution in [0.15, 0.2) is 4.99 Å². The first-order chi connectivity index (χ1) is 20.0. The summed E-state index contributed by atoms with van der Waals surface area (Å²) in [5.41, 5.74) is -3.01. The first-order valence-corrected chi connectivity index (χ1v) is 17.8. The first-order valence-electron chi connectivity index (χ1n) is 17.8. The topological polar surface area (TPSA) is 102 Å². The number of nitrogens with zero attached hydrogens (tertiary/aromatic N) is 1. The number of carbonyl (C=O) groups excluding carboxylic acids is 1. The highest BCUT2D eigenvalue weighted by atomic mass is 16.4. The summed E-state index contributed by atoms with van der Waals surface area (Å²) in [7, 11) is 0. The van der Waals surface area contributed by atoms with Gasteiger partial charge in [-0.1, -0.05) is 143 Å². The Morgan fingerprint density at radius 2 is 1.00 bits per heavy atom. The van der Waals surface area contributed by atoms with E-state index in [0.717, 1.165) is 25.7 Å². The fourth-order valence-electron chi connectivity index (χ4n) is 7.23. The molecule has 1 rings (SSSR count). The number of carboxylic acid groups (broad SMARTS) is 1.